The highest BCUT2D eigenvalue weighted by molar-refractivity contribution is 7.10. The average Bonchev–Trinajstić information content (AvgIpc) is 3.30. The van der Waals surface area contributed by atoms with Gasteiger partial charge in [0.1, 0.15) is 6.54 Å². The normalized spacial score (nSPS) is 31.0. The van der Waals surface area contributed by atoms with Gasteiger partial charge in [-0.3, -0.25) is 9.59 Å². The summed E-state index contributed by atoms with van der Waals surface area (Å²) >= 11 is 1.79. The second-order valence-electron chi connectivity index (χ2n) is 12.2. The fourth-order valence-corrected chi connectivity index (χ4v) is 9.00. The second-order valence-corrected chi connectivity index (χ2v) is 13.2. The number of amides is 2. The maximum atomic E-state index is 14.2. The molecule has 4 nitrogen and oxygen atoms in total. The van der Waals surface area contributed by atoms with E-state index in [9.17, 15) is 9.59 Å². The molecule has 186 valence electrons. The van der Waals surface area contributed by atoms with Crippen molar-refractivity contribution in [2.45, 2.75) is 77.8 Å². The number of nitrogens with zero attached hydrogens (tertiary/aromatic N) is 2. The van der Waals surface area contributed by atoms with E-state index < -0.39 is 0 Å². The Hall–Kier alpha value is -2.14. The first-order chi connectivity index (χ1) is 16.8. The summed E-state index contributed by atoms with van der Waals surface area (Å²) in [6.45, 7) is 7.16. The van der Waals surface area contributed by atoms with E-state index in [0.29, 0.717) is 6.54 Å². The summed E-state index contributed by atoms with van der Waals surface area (Å²) in [6, 6.07) is 10.7. The van der Waals surface area contributed by atoms with Crippen LogP contribution in [0.5, 0.6) is 0 Å². The Morgan fingerprint density at radius 2 is 1.66 bits per heavy atom. The molecule has 4 saturated carbocycles. The quantitative estimate of drug-likeness (QED) is 0.517. The van der Waals surface area contributed by atoms with E-state index in [-0.39, 0.29) is 35.9 Å². The summed E-state index contributed by atoms with van der Waals surface area (Å²) in [5, 5.41) is 2.15. The lowest BCUT2D eigenvalue weighted by molar-refractivity contribution is -0.162. The van der Waals surface area contributed by atoms with Gasteiger partial charge < -0.3 is 9.80 Å². The molecule has 7 rings (SSSR count). The van der Waals surface area contributed by atoms with Crippen molar-refractivity contribution in [2.75, 3.05) is 13.1 Å². The molecule has 4 aliphatic carbocycles. The van der Waals surface area contributed by atoms with Gasteiger partial charge in [-0.05, 0) is 106 Å². The van der Waals surface area contributed by atoms with Crippen molar-refractivity contribution in [1.82, 2.24) is 9.80 Å². The van der Waals surface area contributed by atoms with Crippen LogP contribution in [0.3, 0.4) is 0 Å². The number of hydrogen-bond donors (Lipinski definition) is 0. The molecular formula is C30H38N2O2S. The molecular weight excluding hydrogens is 452 g/mol. The molecule has 1 aromatic carbocycles. The average molecular weight is 491 g/mol. The highest BCUT2D eigenvalue weighted by Gasteiger charge is 2.56. The van der Waals surface area contributed by atoms with Crippen molar-refractivity contribution in [3.05, 3.63) is 57.3 Å². The van der Waals surface area contributed by atoms with Crippen LogP contribution in [0.4, 0.5) is 0 Å². The lowest BCUT2D eigenvalue weighted by Gasteiger charge is -2.57. The summed E-state index contributed by atoms with van der Waals surface area (Å²) < 4.78 is 0. The number of rotatable bonds is 5. The first kappa shape index (κ1) is 23.3. The van der Waals surface area contributed by atoms with Crippen LogP contribution in [0.25, 0.3) is 0 Å². The Bertz CT molecular complexity index is 1080. The topological polar surface area (TPSA) is 40.6 Å². The third-order valence-electron chi connectivity index (χ3n) is 9.36. The molecule has 5 heteroatoms. The Labute approximate surface area is 213 Å². The van der Waals surface area contributed by atoms with E-state index in [1.54, 1.807) is 11.3 Å². The molecule has 1 aliphatic heterocycles. The molecule has 1 unspecified atom stereocenters. The van der Waals surface area contributed by atoms with Gasteiger partial charge in [0.05, 0.1) is 11.5 Å². The third-order valence-corrected chi connectivity index (χ3v) is 10.4. The molecule has 0 spiro atoms. The summed E-state index contributed by atoms with van der Waals surface area (Å²) in [4.78, 5) is 33.5. The monoisotopic (exact) mass is 490 g/mol. The largest absolute Gasteiger partial charge is 0.330 e. The molecule has 35 heavy (non-hydrogen) atoms. The SMILES string of the molecule is Cc1ccc(C2c3ccsc3CCN2C(=O)CN(C(=O)C23CC4CC(CC(C4)C2)C3)C(C)C)cc1. The van der Waals surface area contributed by atoms with Gasteiger partial charge in [-0.2, -0.15) is 0 Å². The van der Waals surface area contributed by atoms with E-state index in [4.69, 9.17) is 0 Å². The number of aryl methyl sites for hydroxylation is 1. The summed E-state index contributed by atoms with van der Waals surface area (Å²) in [7, 11) is 0. The standard InChI is InChI=1S/C30H38N2O2S/c1-19(2)32(29(34)30-15-21-12-22(16-30)14-23(13-21)17-30)18-27(33)31-10-8-26-25(9-11-35-26)28(31)24-6-4-20(3)5-7-24/h4-7,9,11,19,21-23,28H,8,10,12-18H2,1-3H3. The molecule has 4 fully saturated rings. The third kappa shape index (κ3) is 4.04. The minimum atomic E-state index is -0.210. The van der Waals surface area contributed by atoms with Gasteiger partial charge in [-0.25, -0.2) is 0 Å². The number of benzene rings is 1. The van der Waals surface area contributed by atoms with Gasteiger partial charge in [0, 0.05) is 17.5 Å². The van der Waals surface area contributed by atoms with Gasteiger partial charge in [0.15, 0.2) is 0 Å². The van der Waals surface area contributed by atoms with Gasteiger partial charge in [0.25, 0.3) is 0 Å². The van der Waals surface area contributed by atoms with Crippen molar-refractivity contribution in [2.24, 2.45) is 23.2 Å². The minimum Gasteiger partial charge on any atom is -0.330 e. The van der Waals surface area contributed by atoms with Gasteiger partial charge in [-0.15, -0.1) is 11.3 Å². The van der Waals surface area contributed by atoms with Crippen LogP contribution in [-0.4, -0.2) is 40.7 Å². The van der Waals surface area contributed by atoms with Crippen molar-refractivity contribution in [1.29, 1.82) is 0 Å². The van der Waals surface area contributed by atoms with Gasteiger partial charge in [0.2, 0.25) is 11.8 Å². The van der Waals surface area contributed by atoms with Crippen molar-refractivity contribution >= 4 is 23.2 Å². The molecule has 2 amide bonds. The fraction of sp³-hybridized carbons (Fsp3) is 0.600. The van der Waals surface area contributed by atoms with Crippen LogP contribution in [0.15, 0.2) is 35.7 Å². The number of fused-ring (bicyclic) bond motifs is 1. The van der Waals surface area contributed by atoms with E-state index in [1.807, 2.05) is 9.80 Å². The second kappa shape index (κ2) is 8.76. The van der Waals surface area contributed by atoms with Crippen molar-refractivity contribution in [3.63, 3.8) is 0 Å². The summed E-state index contributed by atoms with van der Waals surface area (Å²) in [5.41, 5.74) is 3.42. The molecule has 4 bridgehead atoms. The van der Waals surface area contributed by atoms with Crippen molar-refractivity contribution < 1.29 is 9.59 Å². The zero-order valence-corrected chi connectivity index (χ0v) is 22.2. The number of hydrogen-bond acceptors (Lipinski definition) is 3. The molecule has 5 aliphatic rings. The number of carbonyl (C=O) groups is 2. The van der Waals surface area contributed by atoms with Gasteiger partial charge in [-0.1, -0.05) is 29.8 Å². The molecule has 1 atom stereocenters. The van der Waals surface area contributed by atoms with Crippen LogP contribution >= 0.6 is 11.3 Å². The Morgan fingerprint density at radius 1 is 1.03 bits per heavy atom. The molecule has 1 aromatic heterocycles. The lowest BCUT2D eigenvalue weighted by Crippen LogP contribution is -2.57. The van der Waals surface area contributed by atoms with Gasteiger partial charge >= 0.3 is 0 Å². The maximum Gasteiger partial charge on any atom is 0.243 e. The smallest absolute Gasteiger partial charge is 0.243 e. The Balaban J connectivity index is 1.27. The van der Waals surface area contributed by atoms with Crippen LogP contribution in [0, 0.1) is 30.1 Å². The van der Waals surface area contributed by atoms with E-state index in [1.165, 1.54) is 35.3 Å². The van der Waals surface area contributed by atoms with Crippen LogP contribution < -0.4 is 0 Å². The minimum absolute atomic E-state index is 0.0266. The summed E-state index contributed by atoms with van der Waals surface area (Å²) in [6.07, 6.45) is 7.99. The van der Waals surface area contributed by atoms with Crippen LogP contribution in [0.1, 0.15) is 80.0 Å². The number of thiophene rings is 1. The highest BCUT2D eigenvalue weighted by atomic mass is 32.1. The van der Waals surface area contributed by atoms with E-state index in [0.717, 1.165) is 49.0 Å². The number of carbonyl (C=O) groups excluding carboxylic acids is 2. The molecule has 0 N–H and O–H groups in total. The molecule has 2 heterocycles. The molecule has 2 aromatic rings. The lowest BCUT2D eigenvalue weighted by atomic mass is 9.49. The van der Waals surface area contributed by atoms with Crippen LogP contribution in [0.2, 0.25) is 0 Å². The van der Waals surface area contributed by atoms with Crippen molar-refractivity contribution in [3.8, 4) is 0 Å². The van der Waals surface area contributed by atoms with Crippen LogP contribution in [-0.2, 0) is 16.0 Å². The predicted octanol–water partition coefficient (Wildman–Crippen LogP) is 5.98. The molecule has 0 radical (unpaired) electrons. The first-order valence-electron chi connectivity index (χ1n) is 13.6. The zero-order valence-electron chi connectivity index (χ0n) is 21.3. The highest BCUT2D eigenvalue weighted by Crippen LogP contribution is 2.60. The maximum absolute atomic E-state index is 14.2. The zero-order chi connectivity index (χ0) is 24.3. The molecule has 0 saturated heterocycles. The van der Waals surface area contributed by atoms with E-state index >= 15 is 0 Å². The fourth-order valence-electron chi connectivity index (χ4n) is 8.10. The predicted molar refractivity (Wildman–Crippen MR) is 140 cm³/mol. The first-order valence-corrected chi connectivity index (χ1v) is 14.4. The Kier molecular flexibility index (Phi) is 5.82. The summed E-state index contributed by atoms with van der Waals surface area (Å²) in [5.74, 6) is 2.51. The Morgan fingerprint density at radius 3 is 2.26 bits per heavy atom. The van der Waals surface area contributed by atoms with E-state index in [2.05, 4.69) is 56.5 Å².